The molecule has 0 atom stereocenters. The van der Waals surface area contributed by atoms with Crippen LogP contribution >= 0.6 is 0 Å². The van der Waals surface area contributed by atoms with E-state index >= 15 is 0 Å². The molecule has 0 fully saturated rings. The minimum atomic E-state index is -4.82. The maximum atomic E-state index is 13.8. The molecule has 2 aromatic heterocycles. The monoisotopic (exact) mass is 540 g/mol. The van der Waals surface area contributed by atoms with Gasteiger partial charge in [0.25, 0.3) is 10.0 Å². The number of carboxylic acids is 1. The summed E-state index contributed by atoms with van der Waals surface area (Å²) in [6.07, 6.45) is -3.83. The van der Waals surface area contributed by atoms with E-state index in [1.807, 2.05) is 0 Å². The molecule has 0 aliphatic rings. The molecule has 8 nitrogen and oxygen atoms in total. The number of hydrogen-bond donors (Lipinski definition) is 2. The predicted molar refractivity (Wildman–Crippen MR) is 129 cm³/mol. The number of anilines is 2. The van der Waals surface area contributed by atoms with Gasteiger partial charge in [-0.05, 0) is 61.7 Å². The fourth-order valence-electron chi connectivity index (χ4n) is 3.50. The van der Waals surface area contributed by atoms with Crippen molar-refractivity contribution in [2.24, 2.45) is 0 Å². The third-order valence-electron chi connectivity index (χ3n) is 5.40. The summed E-state index contributed by atoms with van der Waals surface area (Å²) in [6.45, 7) is 1.91. The molecule has 3 rings (SSSR count). The van der Waals surface area contributed by atoms with Crippen LogP contribution in [0.3, 0.4) is 0 Å². The molecule has 0 spiro atoms. The van der Waals surface area contributed by atoms with Crippen LogP contribution in [0.4, 0.5) is 29.2 Å². The molecule has 0 aliphatic heterocycles. The lowest BCUT2D eigenvalue weighted by molar-refractivity contribution is -0.138. The van der Waals surface area contributed by atoms with Gasteiger partial charge in [-0.3, -0.25) is 9.52 Å². The summed E-state index contributed by atoms with van der Waals surface area (Å²) < 4.78 is 82.9. The number of aromatic nitrogens is 2. The van der Waals surface area contributed by atoms with Crippen LogP contribution in [0.15, 0.2) is 53.6 Å². The Morgan fingerprint density at radius 1 is 1.08 bits per heavy atom. The Balaban J connectivity index is 1.90. The van der Waals surface area contributed by atoms with Crippen LogP contribution < -0.4 is 9.62 Å². The Kier molecular flexibility index (Phi) is 8.36. The van der Waals surface area contributed by atoms with Crippen LogP contribution in [-0.4, -0.2) is 43.1 Å². The van der Waals surface area contributed by atoms with Crippen LogP contribution in [0.5, 0.6) is 0 Å². The van der Waals surface area contributed by atoms with Crippen molar-refractivity contribution in [3.63, 3.8) is 0 Å². The fraction of sp³-hybridized carbons (Fsp3) is 0.292. The number of benzene rings is 1. The SMILES string of the molecule is Cc1ccc(F)cc1-c1nc(NS(=O)(=O)c2cccc(N(C)CCCCC(=O)O)n2)ccc1C(F)(F)F. The van der Waals surface area contributed by atoms with Crippen LogP contribution in [-0.2, 0) is 21.0 Å². The molecule has 198 valence electrons. The van der Waals surface area contributed by atoms with Crippen LogP contribution in [0.25, 0.3) is 11.3 Å². The molecule has 0 unspecified atom stereocenters. The zero-order chi connectivity index (χ0) is 27.4. The number of unbranched alkanes of at least 4 members (excludes halogenated alkanes) is 1. The molecule has 2 heterocycles. The van der Waals surface area contributed by atoms with Crippen LogP contribution in [0.1, 0.15) is 30.4 Å². The summed E-state index contributed by atoms with van der Waals surface area (Å²) in [6, 6.07) is 9.09. The average Bonchev–Trinajstić information content (AvgIpc) is 2.82. The van der Waals surface area contributed by atoms with E-state index in [0.29, 0.717) is 36.8 Å². The molecule has 0 saturated carbocycles. The molecular weight excluding hydrogens is 516 g/mol. The first-order valence-electron chi connectivity index (χ1n) is 11.1. The van der Waals surface area contributed by atoms with E-state index in [2.05, 4.69) is 14.7 Å². The minimum Gasteiger partial charge on any atom is -0.481 e. The van der Waals surface area contributed by atoms with Gasteiger partial charge in [0.2, 0.25) is 0 Å². The number of rotatable bonds is 10. The lowest BCUT2D eigenvalue weighted by Crippen LogP contribution is -2.22. The van der Waals surface area contributed by atoms with Crippen molar-refractivity contribution in [3.05, 3.63) is 65.5 Å². The van der Waals surface area contributed by atoms with Crippen LogP contribution in [0.2, 0.25) is 0 Å². The summed E-state index contributed by atoms with van der Waals surface area (Å²) in [7, 11) is -2.69. The standard InChI is InChI=1S/C24H24F4N4O4S/c1-15-9-10-16(25)14-17(15)23-18(24(26,27)28)11-12-19(29-23)31-37(35,36)21-7-5-6-20(30-21)32(2)13-4-3-8-22(33)34/h5-7,9-12,14H,3-4,8,13H2,1-2H3,(H,29,31)(H,33,34). The highest BCUT2D eigenvalue weighted by Crippen LogP contribution is 2.38. The zero-order valence-electron chi connectivity index (χ0n) is 19.9. The third-order valence-corrected chi connectivity index (χ3v) is 6.66. The van der Waals surface area contributed by atoms with E-state index in [0.717, 1.165) is 18.2 Å². The van der Waals surface area contributed by atoms with E-state index in [1.54, 1.807) is 18.0 Å². The van der Waals surface area contributed by atoms with Gasteiger partial charge in [-0.1, -0.05) is 12.1 Å². The number of halogens is 4. The van der Waals surface area contributed by atoms with Gasteiger partial charge in [0.15, 0.2) is 5.03 Å². The topological polar surface area (TPSA) is 112 Å². The highest BCUT2D eigenvalue weighted by atomic mass is 32.2. The number of pyridine rings is 2. The van der Waals surface area contributed by atoms with E-state index < -0.39 is 50.1 Å². The van der Waals surface area contributed by atoms with Crippen molar-refractivity contribution in [1.29, 1.82) is 0 Å². The van der Waals surface area contributed by atoms with Crippen LogP contribution in [0, 0.1) is 12.7 Å². The Morgan fingerprint density at radius 3 is 2.49 bits per heavy atom. The number of nitrogens with one attached hydrogen (secondary N) is 1. The lowest BCUT2D eigenvalue weighted by Gasteiger charge is -2.19. The second-order valence-electron chi connectivity index (χ2n) is 8.26. The van der Waals surface area contributed by atoms with Gasteiger partial charge in [-0.2, -0.15) is 21.6 Å². The summed E-state index contributed by atoms with van der Waals surface area (Å²) in [4.78, 5) is 20.3. The molecule has 37 heavy (non-hydrogen) atoms. The van der Waals surface area contributed by atoms with Gasteiger partial charge < -0.3 is 10.0 Å². The van der Waals surface area contributed by atoms with Gasteiger partial charge in [0, 0.05) is 25.6 Å². The number of nitrogens with zero attached hydrogens (tertiary/aromatic N) is 3. The lowest BCUT2D eigenvalue weighted by atomic mass is 10.0. The molecule has 1 aromatic carbocycles. The van der Waals surface area contributed by atoms with E-state index in [9.17, 15) is 30.8 Å². The van der Waals surface area contributed by atoms with Crippen molar-refractivity contribution >= 4 is 27.6 Å². The van der Waals surface area contributed by atoms with Crippen molar-refractivity contribution in [3.8, 4) is 11.3 Å². The number of carbonyl (C=O) groups is 1. The Hall–Kier alpha value is -3.74. The number of aryl methyl sites for hydroxylation is 1. The van der Waals surface area contributed by atoms with Crippen molar-refractivity contribution in [2.45, 2.75) is 37.4 Å². The maximum Gasteiger partial charge on any atom is 0.418 e. The Labute approximate surface area is 211 Å². The largest absolute Gasteiger partial charge is 0.481 e. The first kappa shape index (κ1) is 27.8. The molecule has 0 amide bonds. The third kappa shape index (κ3) is 7.15. The molecule has 13 heteroatoms. The fourth-order valence-corrected chi connectivity index (χ4v) is 4.46. The summed E-state index contributed by atoms with van der Waals surface area (Å²) in [5.74, 6) is -1.78. The van der Waals surface area contributed by atoms with Gasteiger partial charge >= 0.3 is 12.1 Å². The number of carboxylic acid groups (broad SMARTS) is 1. The van der Waals surface area contributed by atoms with E-state index in [1.165, 1.54) is 25.1 Å². The molecular formula is C24H24F4N4O4S. The van der Waals surface area contributed by atoms with E-state index in [-0.39, 0.29) is 12.0 Å². The smallest absolute Gasteiger partial charge is 0.418 e. The number of hydrogen-bond acceptors (Lipinski definition) is 6. The van der Waals surface area contributed by atoms with Gasteiger partial charge in [0.1, 0.15) is 17.5 Å². The number of sulfonamides is 1. The molecule has 0 aliphatic carbocycles. The molecule has 0 saturated heterocycles. The summed E-state index contributed by atoms with van der Waals surface area (Å²) in [5.41, 5.74) is -1.57. The molecule has 0 bridgehead atoms. The van der Waals surface area contributed by atoms with Crippen molar-refractivity contribution in [2.75, 3.05) is 23.2 Å². The van der Waals surface area contributed by atoms with Crippen molar-refractivity contribution < 1.29 is 35.9 Å². The minimum absolute atomic E-state index is 0.0108. The highest BCUT2D eigenvalue weighted by molar-refractivity contribution is 7.92. The average molecular weight is 541 g/mol. The second-order valence-corrected chi connectivity index (χ2v) is 9.89. The Morgan fingerprint density at radius 2 is 1.81 bits per heavy atom. The molecule has 3 aromatic rings. The summed E-state index contributed by atoms with van der Waals surface area (Å²) in [5, 5.41) is 8.33. The van der Waals surface area contributed by atoms with E-state index in [4.69, 9.17) is 5.11 Å². The van der Waals surface area contributed by atoms with Gasteiger partial charge in [-0.25, -0.2) is 14.4 Å². The first-order chi connectivity index (χ1) is 17.3. The molecule has 0 radical (unpaired) electrons. The van der Waals surface area contributed by atoms with Gasteiger partial charge in [0.05, 0.1) is 11.3 Å². The summed E-state index contributed by atoms with van der Waals surface area (Å²) >= 11 is 0. The molecule has 2 N–H and O–H groups in total. The zero-order valence-corrected chi connectivity index (χ0v) is 20.7. The second kappa shape index (κ2) is 11.1. The first-order valence-corrected chi connectivity index (χ1v) is 12.5. The van der Waals surface area contributed by atoms with Gasteiger partial charge in [-0.15, -0.1) is 0 Å². The van der Waals surface area contributed by atoms with Crippen molar-refractivity contribution in [1.82, 2.24) is 9.97 Å². The predicted octanol–water partition coefficient (Wildman–Crippen LogP) is 5.10. The maximum absolute atomic E-state index is 13.8. The highest BCUT2D eigenvalue weighted by Gasteiger charge is 2.35. The quantitative estimate of drug-likeness (QED) is 0.272. The number of aliphatic carboxylic acids is 1. The Bertz CT molecular complexity index is 1400. The normalized spacial score (nSPS) is 11.8. The number of alkyl halides is 3.